The van der Waals surface area contributed by atoms with Gasteiger partial charge >= 0.3 is 6.03 Å². The molecule has 3 fully saturated rings. The highest BCUT2D eigenvalue weighted by molar-refractivity contribution is 5.79. The molecule has 3 aliphatic rings. The third kappa shape index (κ3) is 4.58. The summed E-state index contributed by atoms with van der Waals surface area (Å²) in [5, 5.41) is 2.96. The fourth-order valence-electron chi connectivity index (χ4n) is 4.24. The van der Waals surface area contributed by atoms with Crippen molar-refractivity contribution in [3.05, 3.63) is 24.3 Å². The van der Waals surface area contributed by atoms with Crippen LogP contribution in [-0.2, 0) is 9.53 Å². The lowest BCUT2D eigenvalue weighted by molar-refractivity contribution is -0.139. The summed E-state index contributed by atoms with van der Waals surface area (Å²) < 4.78 is 11.3. The van der Waals surface area contributed by atoms with Gasteiger partial charge in [0.15, 0.2) is 0 Å². The van der Waals surface area contributed by atoms with Gasteiger partial charge in [0.25, 0.3) is 0 Å². The number of morpholine rings is 1. The number of piperazine rings is 1. The van der Waals surface area contributed by atoms with Crippen LogP contribution >= 0.6 is 0 Å². The number of carbonyl (C=O) groups is 2. The molecule has 0 saturated carbocycles. The maximum atomic E-state index is 13.0. The lowest BCUT2D eigenvalue weighted by Gasteiger charge is -2.44. The van der Waals surface area contributed by atoms with Crippen LogP contribution in [0.1, 0.15) is 20.3 Å². The average molecular weight is 402 g/mol. The minimum Gasteiger partial charge on any atom is -0.491 e. The van der Waals surface area contributed by atoms with E-state index in [0.29, 0.717) is 26.2 Å². The molecule has 0 spiro atoms. The van der Waals surface area contributed by atoms with E-state index in [4.69, 9.17) is 9.47 Å². The first-order chi connectivity index (χ1) is 14.0. The minimum absolute atomic E-state index is 0.0243. The summed E-state index contributed by atoms with van der Waals surface area (Å²) in [6.45, 7) is 8.34. The summed E-state index contributed by atoms with van der Waals surface area (Å²) in [6.07, 6.45) is 0.951. The number of urea groups is 1. The van der Waals surface area contributed by atoms with Gasteiger partial charge in [-0.25, -0.2) is 4.79 Å². The Labute approximate surface area is 171 Å². The van der Waals surface area contributed by atoms with E-state index in [9.17, 15) is 9.59 Å². The molecule has 1 aromatic rings. The summed E-state index contributed by atoms with van der Waals surface area (Å²) >= 11 is 0. The molecular formula is C21H30N4O4. The van der Waals surface area contributed by atoms with E-state index in [1.54, 1.807) is 0 Å². The number of fused-ring (bicyclic) bond motifs is 1. The fraction of sp³-hybridized carbons (Fsp3) is 0.619. The molecule has 158 valence electrons. The number of anilines is 1. The second-order valence-electron chi connectivity index (χ2n) is 8.18. The Kier molecular flexibility index (Phi) is 5.80. The summed E-state index contributed by atoms with van der Waals surface area (Å²) in [4.78, 5) is 30.6. The van der Waals surface area contributed by atoms with Gasteiger partial charge in [-0.3, -0.25) is 4.79 Å². The zero-order chi connectivity index (χ0) is 20.4. The molecule has 0 radical (unpaired) electrons. The average Bonchev–Trinajstić information content (AvgIpc) is 2.73. The molecule has 3 amide bonds. The van der Waals surface area contributed by atoms with Crippen LogP contribution in [0.15, 0.2) is 24.3 Å². The highest BCUT2D eigenvalue weighted by Gasteiger charge is 2.37. The number of amides is 3. The lowest BCUT2D eigenvalue weighted by Crippen LogP contribution is -2.63. The van der Waals surface area contributed by atoms with Crippen LogP contribution in [-0.4, -0.2) is 85.9 Å². The number of nitrogens with zero attached hydrogens (tertiary/aromatic N) is 3. The number of ether oxygens (including phenoxy) is 2. The van der Waals surface area contributed by atoms with Crippen molar-refractivity contribution in [2.24, 2.45) is 0 Å². The minimum atomic E-state index is -0.0982. The quantitative estimate of drug-likeness (QED) is 0.825. The second-order valence-corrected chi connectivity index (χ2v) is 8.18. The second kappa shape index (κ2) is 8.49. The van der Waals surface area contributed by atoms with E-state index in [1.807, 2.05) is 35.8 Å². The Balaban J connectivity index is 1.29. The van der Waals surface area contributed by atoms with Crippen LogP contribution in [0.5, 0.6) is 5.75 Å². The smallest absolute Gasteiger partial charge is 0.320 e. The van der Waals surface area contributed by atoms with Gasteiger partial charge in [0, 0.05) is 45.0 Å². The molecule has 1 N–H and O–H groups in total. The SMILES string of the molecule is CC(C)Oc1ccc(N2CCN(C(=O)N3CC[C@@H]4OCC(=O)N[C@@H]4C3)CC2)cc1. The van der Waals surface area contributed by atoms with Crippen LogP contribution in [0, 0.1) is 0 Å². The highest BCUT2D eigenvalue weighted by Crippen LogP contribution is 2.23. The molecule has 3 heterocycles. The van der Waals surface area contributed by atoms with Crippen LogP contribution in [0.4, 0.5) is 10.5 Å². The van der Waals surface area contributed by atoms with E-state index >= 15 is 0 Å². The Morgan fingerprint density at radius 3 is 2.52 bits per heavy atom. The lowest BCUT2D eigenvalue weighted by atomic mass is 10.0. The molecule has 1 aromatic carbocycles. The van der Waals surface area contributed by atoms with Gasteiger partial charge in [-0.05, 0) is 44.5 Å². The topological polar surface area (TPSA) is 74.3 Å². The number of piperidine rings is 1. The number of carbonyl (C=O) groups excluding carboxylic acids is 2. The first kappa shape index (κ1) is 19.8. The molecule has 0 aromatic heterocycles. The van der Waals surface area contributed by atoms with Gasteiger partial charge in [-0.15, -0.1) is 0 Å². The molecule has 8 nitrogen and oxygen atoms in total. The number of likely N-dealkylation sites (tertiary alicyclic amines) is 1. The molecule has 3 aliphatic heterocycles. The Morgan fingerprint density at radius 2 is 1.83 bits per heavy atom. The first-order valence-corrected chi connectivity index (χ1v) is 10.5. The van der Waals surface area contributed by atoms with E-state index in [2.05, 4.69) is 22.3 Å². The number of hydrogen-bond donors (Lipinski definition) is 1. The molecule has 0 bridgehead atoms. The summed E-state index contributed by atoms with van der Waals surface area (Å²) in [7, 11) is 0. The third-order valence-electron chi connectivity index (χ3n) is 5.72. The molecule has 0 unspecified atom stereocenters. The van der Waals surface area contributed by atoms with E-state index in [1.165, 1.54) is 0 Å². The van der Waals surface area contributed by atoms with Gasteiger partial charge in [0.2, 0.25) is 5.91 Å². The first-order valence-electron chi connectivity index (χ1n) is 10.5. The van der Waals surface area contributed by atoms with Crippen molar-refractivity contribution in [3.63, 3.8) is 0 Å². The van der Waals surface area contributed by atoms with E-state index < -0.39 is 0 Å². The van der Waals surface area contributed by atoms with Crippen molar-refractivity contribution in [2.75, 3.05) is 50.8 Å². The van der Waals surface area contributed by atoms with E-state index in [0.717, 1.165) is 30.9 Å². The predicted molar refractivity (Wildman–Crippen MR) is 109 cm³/mol. The largest absolute Gasteiger partial charge is 0.491 e. The third-order valence-corrected chi connectivity index (χ3v) is 5.72. The van der Waals surface area contributed by atoms with E-state index in [-0.39, 0.29) is 36.8 Å². The predicted octanol–water partition coefficient (Wildman–Crippen LogP) is 1.31. The molecule has 29 heavy (non-hydrogen) atoms. The van der Waals surface area contributed by atoms with Gasteiger partial charge in [0.05, 0.1) is 18.2 Å². The van der Waals surface area contributed by atoms with Gasteiger partial charge in [0.1, 0.15) is 12.4 Å². The van der Waals surface area contributed by atoms with Gasteiger partial charge < -0.3 is 29.5 Å². The van der Waals surface area contributed by atoms with Crippen LogP contribution in [0.2, 0.25) is 0 Å². The Morgan fingerprint density at radius 1 is 1.10 bits per heavy atom. The van der Waals surface area contributed by atoms with Crippen LogP contribution in [0.3, 0.4) is 0 Å². The van der Waals surface area contributed by atoms with Crippen LogP contribution < -0.4 is 15.0 Å². The van der Waals surface area contributed by atoms with Crippen LogP contribution in [0.25, 0.3) is 0 Å². The van der Waals surface area contributed by atoms with Crippen molar-refractivity contribution in [1.82, 2.24) is 15.1 Å². The molecule has 3 saturated heterocycles. The normalized spacial score (nSPS) is 24.9. The summed E-state index contributed by atoms with van der Waals surface area (Å²) in [5.41, 5.74) is 1.15. The number of nitrogens with one attached hydrogen (secondary N) is 1. The van der Waals surface area contributed by atoms with Crippen molar-refractivity contribution >= 4 is 17.6 Å². The summed E-state index contributed by atoms with van der Waals surface area (Å²) in [5.74, 6) is 0.777. The standard InChI is InChI=1S/C21H30N4O4/c1-15(2)29-17-5-3-16(4-6-17)23-9-11-24(12-10-23)21(27)25-8-7-19-18(13-25)22-20(26)14-28-19/h3-6,15,18-19H,7-14H2,1-2H3,(H,22,26)/t18-,19+/m1/s1. The maximum absolute atomic E-state index is 13.0. The van der Waals surface area contributed by atoms with Crippen molar-refractivity contribution in [1.29, 1.82) is 0 Å². The van der Waals surface area contributed by atoms with Crippen molar-refractivity contribution in [2.45, 2.75) is 38.5 Å². The number of rotatable bonds is 3. The zero-order valence-electron chi connectivity index (χ0n) is 17.2. The molecule has 8 heteroatoms. The van der Waals surface area contributed by atoms with Crippen molar-refractivity contribution in [3.8, 4) is 5.75 Å². The Bertz CT molecular complexity index is 731. The number of benzene rings is 1. The summed E-state index contributed by atoms with van der Waals surface area (Å²) in [6, 6.07) is 8.11. The highest BCUT2D eigenvalue weighted by atomic mass is 16.5. The zero-order valence-corrected chi connectivity index (χ0v) is 17.2. The molecule has 4 rings (SSSR count). The monoisotopic (exact) mass is 402 g/mol. The van der Waals surface area contributed by atoms with Gasteiger partial charge in [-0.2, -0.15) is 0 Å². The van der Waals surface area contributed by atoms with Gasteiger partial charge in [-0.1, -0.05) is 0 Å². The van der Waals surface area contributed by atoms with Crippen molar-refractivity contribution < 1.29 is 19.1 Å². The molecule has 2 atom stereocenters. The fourth-order valence-corrected chi connectivity index (χ4v) is 4.24. The molecule has 0 aliphatic carbocycles. The number of hydrogen-bond acceptors (Lipinski definition) is 5. The maximum Gasteiger partial charge on any atom is 0.320 e. The molecular weight excluding hydrogens is 372 g/mol. The Hall–Kier alpha value is -2.48.